The van der Waals surface area contributed by atoms with Gasteiger partial charge in [-0.15, -0.1) is 0 Å². The number of aryl methyl sites for hydroxylation is 1. The minimum Gasteiger partial charge on any atom is -0.379 e. The molecule has 0 amide bonds. The summed E-state index contributed by atoms with van der Waals surface area (Å²) >= 11 is 3.19. The fourth-order valence-corrected chi connectivity index (χ4v) is 1.22. The summed E-state index contributed by atoms with van der Waals surface area (Å²) in [6.45, 7) is 1.76. The molecular weight excluding hydrogens is 216 g/mol. The van der Waals surface area contributed by atoms with Gasteiger partial charge in [-0.3, -0.25) is 0 Å². The molecule has 0 saturated heterocycles. The number of benzene rings is 1. The molecule has 0 radical (unpaired) electrons. The third-order valence-electron chi connectivity index (χ3n) is 1.71. The van der Waals surface area contributed by atoms with Crippen molar-refractivity contribution < 1.29 is 5.11 Å². The van der Waals surface area contributed by atoms with Crippen molar-refractivity contribution in [3.05, 3.63) is 35.9 Å². The minimum absolute atomic E-state index is 0.733. The number of hydrogen-bond acceptors (Lipinski definition) is 1. The van der Waals surface area contributed by atoms with Crippen LogP contribution in [-0.2, 0) is 6.42 Å². The molecule has 0 saturated carbocycles. The summed E-state index contributed by atoms with van der Waals surface area (Å²) in [6.07, 6.45) is 1.64. The average molecular weight is 229 g/mol. The third kappa shape index (κ3) is 3.88. The minimum atomic E-state index is -0.733. The monoisotopic (exact) mass is 228 g/mol. The Morgan fingerprint density at radius 3 is 2.42 bits per heavy atom. The van der Waals surface area contributed by atoms with Crippen molar-refractivity contribution in [1.82, 2.24) is 0 Å². The second kappa shape index (κ2) is 4.06. The molecule has 66 valence electrons. The summed E-state index contributed by atoms with van der Waals surface area (Å²) < 4.78 is -0.733. The summed E-state index contributed by atoms with van der Waals surface area (Å²) in [5.74, 6) is 0. The van der Waals surface area contributed by atoms with Crippen LogP contribution in [0, 0.1) is 0 Å². The van der Waals surface area contributed by atoms with E-state index in [4.69, 9.17) is 0 Å². The zero-order valence-electron chi connectivity index (χ0n) is 7.13. The van der Waals surface area contributed by atoms with Gasteiger partial charge in [-0.2, -0.15) is 0 Å². The maximum atomic E-state index is 9.40. The molecule has 0 heterocycles. The van der Waals surface area contributed by atoms with Gasteiger partial charge in [0, 0.05) is 0 Å². The van der Waals surface area contributed by atoms with E-state index in [1.54, 1.807) is 6.92 Å². The van der Waals surface area contributed by atoms with E-state index < -0.39 is 4.51 Å². The molecule has 1 nitrogen and oxygen atoms in total. The number of rotatable bonds is 3. The number of alkyl halides is 1. The topological polar surface area (TPSA) is 20.2 Å². The van der Waals surface area contributed by atoms with Gasteiger partial charge in [-0.1, -0.05) is 46.3 Å². The lowest BCUT2D eigenvalue weighted by molar-refractivity contribution is 0.156. The van der Waals surface area contributed by atoms with E-state index in [-0.39, 0.29) is 0 Å². The van der Waals surface area contributed by atoms with Gasteiger partial charge in [0.2, 0.25) is 0 Å². The first-order chi connectivity index (χ1) is 5.58. The van der Waals surface area contributed by atoms with Crippen LogP contribution in [0.3, 0.4) is 0 Å². The summed E-state index contributed by atoms with van der Waals surface area (Å²) in [5.41, 5.74) is 1.26. The number of hydrogen-bond donors (Lipinski definition) is 1. The van der Waals surface area contributed by atoms with Gasteiger partial charge in [-0.25, -0.2) is 0 Å². The SMILES string of the molecule is CC(O)(Br)CCc1ccccc1. The number of halogens is 1. The Labute approximate surface area is 81.6 Å². The van der Waals surface area contributed by atoms with Crippen LogP contribution in [0.4, 0.5) is 0 Å². The van der Waals surface area contributed by atoms with Crippen molar-refractivity contribution >= 4 is 15.9 Å². The number of aliphatic hydroxyl groups is 1. The van der Waals surface area contributed by atoms with E-state index in [0.717, 1.165) is 12.8 Å². The van der Waals surface area contributed by atoms with E-state index in [0.29, 0.717) is 0 Å². The molecule has 0 spiro atoms. The maximum Gasteiger partial charge on any atom is 0.117 e. The quantitative estimate of drug-likeness (QED) is 0.790. The van der Waals surface area contributed by atoms with Crippen molar-refractivity contribution in [3.8, 4) is 0 Å². The average Bonchev–Trinajstić information content (AvgIpc) is 2.02. The van der Waals surface area contributed by atoms with Gasteiger partial charge in [0.15, 0.2) is 0 Å². The Morgan fingerprint density at radius 1 is 1.33 bits per heavy atom. The predicted octanol–water partition coefficient (Wildman–Crippen LogP) is 2.72. The fourth-order valence-electron chi connectivity index (χ4n) is 1.02. The Bertz CT molecular complexity index is 225. The zero-order valence-corrected chi connectivity index (χ0v) is 8.71. The van der Waals surface area contributed by atoms with Crippen molar-refractivity contribution in [3.63, 3.8) is 0 Å². The molecule has 1 atom stereocenters. The van der Waals surface area contributed by atoms with E-state index in [1.807, 2.05) is 18.2 Å². The molecule has 1 aromatic carbocycles. The molecule has 0 fully saturated rings. The van der Waals surface area contributed by atoms with Crippen LogP contribution < -0.4 is 0 Å². The highest BCUT2D eigenvalue weighted by molar-refractivity contribution is 9.10. The first-order valence-electron chi connectivity index (χ1n) is 4.03. The highest BCUT2D eigenvalue weighted by Gasteiger charge is 2.13. The molecule has 0 aromatic heterocycles. The van der Waals surface area contributed by atoms with Crippen LogP contribution in [0.5, 0.6) is 0 Å². The molecule has 2 heteroatoms. The molecule has 12 heavy (non-hydrogen) atoms. The van der Waals surface area contributed by atoms with Gasteiger partial charge >= 0.3 is 0 Å². The van der Waals surface area contributed by atoms with Gasteiger partial charge < -0.3 is 5.11 Å². The molecule has 1 aromatic rings. The molecule has 0 aliphatic rings. The lowest BCUT2D eigenvalue weighted by Gasteiger charge is -2.14. The van der Waals surface area contributed by atoms with Crippen LogP contribution >= 0.6 is 15.9 Å². The summed E-state index contributed by atoms with van der Waals surface area (Å²) in [5, 5.41) is 9.40. The van der Waals surface area contributed by atoms with E-state index >= 15 is 0 Å². The zero-order chi connectivity index (χ0) is 9.03. The Kier molecular flexibility index (Phi) is 3.29. The fraction of sp³-hybridized carbons (Fsp3) is 0.400. The van der Waals surface area contributed by atoms with Crippen molar-refractivity contribution in [1.29, 1.82) is 0 Å². The summed E-state index contributed by atoms with van der Waals surface area (Å²) in [4.78, 5) is 0. The Morgan fingerprint density at radius 2 is 1.92 bits per heavy atom. The van der Waals surface area contributed by atoms with Gasteiger partial charge in [0.25, 0.3) is 0 Å². The van der Waals surface area contributed by atoms with Crippen molar-refractivity contribution in [2.45, 2.75) is 24.3 Å². The van der Waals surface area contributed by atoms with E-state index in [1.165, 1.54) is 5.56 Å². The third-order valence-corrected chi connectivity index (χ3v) is 2.11. The molecule has 1 unspecified atom stereocenters. The first kappa shape index (κ1) is 9.75. The van der Waals surface area contributed by atoms with Crippen LogP contribution in [0.15, 0.2) is 30.3 Å². The van der Waals surface area contributed by atoms with Crippen molar-refractivity contribution in [2.24, 2.45) is 0 Å². The van der Waals surface area contributed by atoms with E-state index in [9.17, 15) is 5.11 Å². The lowest BCUT2D eigenvalue weighted by Crippen LogP contribution is -2.14. The summed E-state index contributed by atoms with van der Waals surface area (Å²) in [6, 6.07) is 10.2. The largest absolute Gasteiger partial charge is 0.379 e. The maximum absolute atomic E-state index is 9.40. The summed E-state index contributed by atoms with van der Waals surface area (Å²) in [7, 11) is 0. The van der Waals surface area contributed by atoms with Crippen LogP contribution in [0.25, 0.3) is 0 Å². The van der Waals surface area contributed by atoms with Crippen LogP contribution in [-0.4, -0.2) is 9.62 Å². The smallest absolute Gasteiger partial charge is 0.117 e. The molecule has 0 aliphatic carbocycles. The highest BCUT2D eigenvalue weighted by atomic mass is 79.9. The molecule has 0 aliphatic heterocycles. The van der Waals surface area contributed by atoms with Gasteiger partial charge in [0.1, 0.15) is 4.51 Å². The normalized spacial score (nSPS) is 15.6. The molecule has 1 rings (SSSR count). The highest BCUT2D eigenvalue weighted by Crippen LogP contribution is 2.19. The van der Waals surface area contributed by atoms with Gasteiger partial charge in [-0.05, 0) is 25.3 Å². The molecular formula is C10H13BrO. The lowest BCUT2D eigenvalue weighted by atomic mass is 10.1. The Balaban J connectivity index is 2.44. The second-order valence-electron chi connectivity index (χ2n) is 3.13. The first-order valence-corrected chi connectivity index (χ1v) is 4.82. The standard InChI is InChI=1S/C10H13BrO/c1-10(11,12)8-7-9-5-3-2-4-6-9/h2-6,12H,7-8H2,1H3. The van der Waals surface area contributed by atoms with Crippen molar-refractivity contribution in [2.75, 3.05) is 0 Å². The van der Waals surface area contributed by atoms with E-state index in [2.05, 4.69) is 28.1 Å². The predicted molar refractivity (Wildman–Crippen MR) is 54.3 cm³/mol. The van der Waals surface area contributed by atoms with Crippen LogP contribution in [0.1, 0.15) is 18.9 Å². The molecule has 1 N–H and O–H groups in total. The molecule has 0 bridgehead atoms. The van der Waals surface area contributed by atoms with Crippen LogP contribution in [0.2, 0.25) is 0 Å². The van der Waals surface area contributed by atoms with Gasteiger partial charge in [0.05, 0.1) is 0 Å². The second-order valence-corrected chi connectivity index (χ2v) is 4.84. The Hall–Kier alpha value is -0.340.